The Balaban J connectivity index is 1.90. The molecule has 0 amide bonds. The summed E-state index contributed by atoms with van der Waals surface area (Å²) in [6.45, 7) is 1.74. The van der Waals surface area contributed by atoms with E-state index in [4.69, 9.17) is 9.47 Å². The van der Waals surface area contributed by atoms with E-state index in [1.54, 1.807) is 6.07 Å². The second kappa shape index (κ2) is 7.78. The smallest absolute Gasteiger partial charge is 0.349 e. The fraction of sp³-hybridized carbons (Fsp3) is 0.176. The van der Waals surface area contributed by atoms with Crippen LogP contribution in [0.4, 0.5) is 0 Å². The molecule has 0 atom stereocenters. The first kappa shape index (κ1) is 17.0. The standard InChI is InChI=1S/C17H15BrO5/c1-11-3-8-15(14(18)9-11)22-10-16(19)23-13-6-4-12(5-7-13)17(20)21-2/h3-9H,10H2,1-2H3. The summed E-state index contributed by atoms with van der Waals surface area (Å²) in [7, 11) is 1.30. The van der Waals surface area contributed by atoms with E-state index in [-0.39, 0.29) is 6.61 Å². The van der Waals surface area contributed by atoms with Gasteiger partial charge in [0.15, 0.2) is 6.61 Å². The van der Waals surface area contributed by atoms with Crippen molar-refractivity contribution in [2.75, 3.05) is 13.7 Å². The van der Waals surface area contributed by atoms with Crippen LogP contribution < -0.4 is 9.47 Å². The number of hydrogen-bond donors (Lipinski definition) is 0. The third-order valence-electron chi connectivity index (χ3n) is 2.94. The maximum atomic E-state index is 11.8. The third-order valence-corrected chi connectivity index (χ3v) is 3.56. The van der Waals surface area contributed by atoms with Gasteiger partial charge in [-0.1, -0.05) is 6.07 Å². The van der Waals surface area contributed by atoms with Crippen LogP contribution in [-0.4, -0.2) is 25.7 Å². The highest BCUT2D eigenvalue weighted by Crippen LogP contribution is 2.25. The molecule has 23 heavy (non-hydrogen) atoms. The molecule has 2 aromatic carbocycles. The molecule has 0 saturated carbocycles. The highest BCUT2D eigenvalue weighted by atomic mass is 79.9. The van der Waals surface area contributed by atoms with Gasteiger partial charge < -0.3 is 14.2 Å². The number of carbonyl (C=O) groups excluding carboxylic acids is 2. The topological polar surface area (TPSA) is 61.8 Å². The van der Waals surface area contributed by atoms with Crippen LogP contribution in [0.3, 0.4) is 0 Å². The van der Waals surface area contributed by atoms with Gasteiger partial charge in [0.25, 0.3) is 0 Å². The molecular weight excluding hydrogens is 364 g/mol. The number of benzene rings is 2. The van der Waals surface area contributed by atoms with Gasteiger partial charge in [0.1, 0.15) is 11.5 Å². The SMILES string of the molecule is COC(=O)c1ccc(OC(=O)COc2ccc(C)cc2Br)cc1. The molecule has 2 aromatic rings. The monoisotopic (exact) mass is 378 g/mol. The Bertz CT molecular complexity index is 709. The second-order valence-corrected chi connectivity index (χ2v) is 5.57. The Morgan fingerprint density at radius 2 is 1.78 bits per heavy atom. The van der Waals surface area contributed by atoms with E-state index in [1.807, 2.05) is 19.1 Å². The minimum Gasteiger partial charge on any atom is -0.481 e. The first-order chi connectivity index (χ1) is 11.0. The van der Waals surface area contributed by atoms with Crippen molar-refractivity contribution in [1.29, 1.82) is 0 Å². The fourth-order valence-electron chi connectivity index (χ4n) is 1.80. The van der Waals surface area contributed by atoms with Crippen LogP contribution in [-0.2, 0) is 9.53 Å². The zero-order chi connectivity index (χ0) is 16.8. The van der Waals surface area contributed by atoms with E-state index in [0.29, 0.717) is 17.1 Å². The van der Waals surface area contributed by atoms with Gasteiger partial charge in [0.05, 0.1) is 17.1 Å². The molecule has 0 aromatic heterocycles. The van der Waals surface area contributed by atoms with Crippen molar-refractivity contribution in [3.05, 3.63) is 58.1 Å². The summed E-state index contributed by atoms with van der Waals surface area (Å²) in [6, 6.07) is 11.6. The van der Waals surface area contributed by atoms with Crippen LogP contribution in [0.2, 0.25) is 0 Å². The summed E-state index contributed by atoms with van der Waals surface area (Å²) in [4.78, 5) is 23.1. The number of ether oxygens (including phenoxy) is 3. The molecule has 0 saturated heterocycles. The molecule has 0 N–H and O–H groups in total. The largest absolute Gasteiger partial charge is 0.481 e. The molecule has 2 rings (SSSR count). The van der Waals surface area contributed by atoms with Crippen molar-refractivity contribution < 1.29 is 23.8 Å². The molecule has 0 radical (unpaired) electrons. The summed E-state index contributed by atoms with van der Waals surface area (Å²) in [5.74, 6) is -0.0958. The van der Waals surface area contributed by atoms with Crippen molar-refractivity contribution >= 4 is 27.9 Å². The van der Waals surface area contributed by atoms with Gasteiger partial charge in [-0.05, 0) is 64.8 Å². The van der Waals surface area contributed by atoms with E-state index in [9.17, 15) is 9.59 Å². The molecular formula is C17H15BrO5. The predicted molar refractivity (Wildman–Crippen MR) is 87.8 cm³/mol. The van der Waals surface area contributed by atoms with E-state index >= 15 is 0 Å². The predicted octanol–water partition coefficient (Wildman–Crippen LogP) is 3.53. The fourth-order valence-corrected chi connectivity index (χ4v) is 2.41. The molecule has 0 heterocycles. The lowest BCUT2D eigenvalue weighted by Crippen LogP contribution is -2.17. The maximum Gasteiger partial charge on any atom is 0.349 e. The van der Waals surface area contributed by atoms with Gasteiger partial charge in [-0.15, -0.1) is 0 Å². The van der Waals surface area contributed by atoms with Crippen LogP contribution in [0.5, 0.6) is 11.5 Å². The number of aryl methyl sites for hydroxylation is 1. The molecule has 0 spiro atoms. The first-order valence-electron chi connectivity index (χ1n) is 6.77. The molecule has 5 nitrogen and oxygen atoms in total. The summed E-state index contributed by atoms with van der Waals surface area (Å²) in [6.07, 6.45) is 0. The molecule has 6 heteroatoms. The number of esters is 2. The van der Waals surface area contributed by atoms with Crippen LogP contribution in [0.1, 0.15) is 15.9 Å². The van der Waals surface area contributed by atoms with Crippen LogP contribution >= 0.6 is 15.9 Å². The van der Waals surface area contributed by atoms with Crippen LogP contribution in [0.15, 0.2) is 46.9 Å². The Kier molecular flexibility index (Phi) is 5.76. The molecule has 120 valence electrons. The van der Waals surface area contributed by atoms with Crippen LogP contribution in [0, 0.1) is 6.92 Å². The number of methoxy groups -OCH3 is 1. The lowest BCUT2D eigenvalue weighted by Gasteiger charge is -2.09. The quantitative estimate of drug-likeness (QED) is 0.588. The van der Waals surface area contributed by atoms with Crippen molar-refractivity contribution in [2.24, 2.45) is 0 Å². The zero-order valence-corrected chi connectivity index (χ0v) is 14.3. The van der Waals surface area contributed by atoms with Gasteiger partial charge in [-0.2, -0.15) is 0 Å². The highest BCUT2D eigenvalue weighted by Gasteiger charge is 2.10. The Hall–Kier alpha value is -2.34. The lowest BCUT2D eigenvalue weighted by atomic mass is 10.2. The van der Waals surface area contributed by atoms with Crippen molar-refractivity contribution in [3.8, 4) is 11.5 Å². The molecule has 0 aliphatic rings. The van der Waals surface area contributed by atoms with E-state index < -0.39 is 11.9 Å². The zero-order valence-electron chi connectivity index (χ0n) is 12.7. The molecule has 0 unspecified atom stereocenters. The normalized spacial score (nSPS) is 10.0. The van der Waals surface area contributed by atoms with Gasteiger partial charge in [0.2, 0.25) is 0 Å². The third kappa shape index (κ3) is 4.82. The minimum absolute atomic E-state index is 0.222. The Labute approximate surface area is 142 Å². The summed E-state index contributed by atoms with van der Waals surface area (Å²) in [5.41, 5.74) is 1.46. The van der Waals surface area contributed by atoms with Crippen LogP contribution in [0.25, 0.3) is 0 Å². The minimum atomic E-state index is -0.539. The summed E-state index contributed by atoms with van der Waals surface area (Å²) in [5, 5.41) is 0. The molecule has 0 aliphatic carbocycles. The molecule has 0 fully saturated rings. The van der Waals surface area contributed by atoms with Crippen molar-refractivity contribution in [2.45, 2.75) is 6.92 Å². The van der Waals surface area contributed by atoms with E-state index in [1.165, 1.54) is 31.4 Å². The highest BCUT2D eigenvalue weighted by molar-refractivity contribution is 9.10. The Morgan fingerprint density at radius 3 is 2.39 bits per heavy atom. The van der Waals surface area contributed by atoms with Gasteiger partial charge in [-0.25, -0.2) is 9.59 Å². The summed E-state index contributed by atoms with van der Waals surface area (Å²) >= 11 is 3.37. The first-order valence-corrected chi connectivity index (χ1v) is 7.57. The number of hydrogen-bond acceptors (Lipinski definition) is 5. The van der Waals surface area contributed by atoms with Gasteiger partial charge in [-0.3, -0.25) is 0 Å². The molecule has 0 bridgehead atoms. The Morgan fingerprint density at radius 1 is 1.09 bits per heavy atom. The number of rotatable bonds is 5. The number of halogens is 1. The maximum absolute atomic E-state index is 11.8. The average molecular weight is 379 g/mol. The number of carbonyl (C=O) groups is 2. The average Bonchev–Trinajstić information content (AvgIpc) is 2.54. The van der Waals surface area contributed by atoms with E-state index in [2.05, 4.69) is 20.7 Å². The molecule has 0 aliphatic heterocycles. The summed E-state index contributed by atoms with van der Waals surface area (Å²) < 4.78 is 15.9. The van der Waals surface area contributed by atoms with Crippen molar-refractivity contribution in [1.82, 2.24) is 0 Å². The second-order valence-electron chi connectivity index (χ2n) is 4.71. The van der Waals surface area contributed by atoms with Crippen molar-refractivity contribution in [3.63, 3.8) is 0 Å². The van der Waals surface area contributed by atoms with E-state index in [0.717, 1.165) is 10.0 Å². The lowest BCUT2D eigenvalue weighted by molar-refractivity contribution is -0.136. The van der Waals surface area contributed by atoms with Gasteiger partial charge in [0, 0.05) is 0 Å². The van der Waals surface area contributed by atoms with Gasteiger partial charge >= 0.3 is 11.9 Å².